The van der Waals surface area contributed by atoms with Gasteiger partial charge in [0, 0.05) is 18.4 Å². The van der Waals surface area contributed by atoms with Crippen LogP contribution in [0.25, 0.3) is 0 Å². The average molecular weight is 332 g/mol. The lowest BCUT2D eigenvalue weighted by Crippen LogP contribution is -2.05. The van der Waals surface area contributed by atoms with Crippen LogP contribution in [-0.2, 0) is 12.8 Å². The Balaban J connectivity index is 1.71. The average Bonchev–Trinajstić information content (AvgIpc) is 2.60. The Hall–Kier alpha value is -2.74. The molecule has 0 saturated carbocycles. The number of aryl methyl sites for hydroxylation is 2. The Morgan fingerprint density at radius 3 is 2.44 bits per heavy atom. The second kappa shape index (κ2) is 7.89. The first-order valence-corrected chi connectivity index (χ1v) is 8.67. The Morgan fingerprint density at radius 1 is 0.880 bits per heavy atom. The van der Waals surface area contributed by atoms with Crippen molar-refractivity contribution in [2.75, 3.05) is 6.61 Å². The van der Waals surface area contributed by atoms with Crippen LogP contribution in [0.3, 0.4) is 0 Å². The number of benzene rings is 3. The number of hydrogen-bond donors (Lipinski definition) is 1. The van der Waals surface area contributed by atoms with E-state index in [-0.39, 0.29) is 0 Å². The van der Waals surface area contributed by atoms with Gasteiger partial charge < -0.3 is 9.84 Å². The Kier molecular flexibility index (Phi) is 5.39. The maximum atomic E-state index is 10.3. The summed E-state index contributed by atoms with van der Waals surface area (Å²) in [6.07, 6.45) is 1.50. The Morgan fingerprint density at radius 2 is 1.68 bits per heavy atom. The van der Waals surface area contributed by atoms with E-state index in [2.05, 4.69) is 44.2 Å². The molecule has 1 N–H and O–H groups in total. The number of aromatic hydroxyl groups is 1. The molecule has 25 heavy (non-hydrogen) atoms. The van der Waals surface area contributed by atoms with E-state index >= 15 is 0 Å². The molecule has 0 radical (unpaired) electrons. The molecule has 2 heteroatoms. The van der Waals surface area contributed by atoms with Crippen LogP contribution in [0.2, 0.25) is 0 Å². The molecule has 0 aliphatic heterocycles. The van der Waals surface area contributed by atoms with Gasteiger partial charge in [0.05, 0.1) is 6.61 Å². The second-order valence-corrected chi connectivity index (χ2v) is 6.44. The van der Waals surface area contributed by atoms with Crippen LogP contribution in [-0.4, -0.2) is 11.7 Å². The van der Waals surface area contributed by atoms with Crippen LogP contribution in [0.4, 0.5) is 0 Å². The maximum absolute atomic E-state index is 10.3. The first-order valence-electron chi connectivity index (χ1n) is 8.67. The molecule has 0 atom stereocenters. The lowest BCUT2D eigenvalue weighted by molar-refractivity contribution is 0.319. The van der Waals surface area contributed by atoms with Crippen molar-refractivity contribution < 1.29 is 9.84 Å². The minimum atomic E-state index is 0.355. The topological polar surface area (TPSA) is 29.5 Å². The minimum Gasteiger partial charge on any atom is -0.508 e. The molecule has 0 amide bonds. The van der Waals surface area contributed by atoms with Gasteiger partial charge in [0.2, 0.25) is 0 Å². The van der Waals surface area contributed by atoms with E-state index in [1.54, 1.807) is 6.07 Å². The molecule has 0 saturated heterocycles. The highest BCUT2D eigenvalue weighted by atomic mass is 16.5. The molecule has 0 aromatic heterocycles. The summed E-state index contributed by atoms with van der Waals surface area (Å²) in [6, 6.07) is 22.2. The predicted octanol–water partition coefficient (Wildman–Crippen LogP) is 5.22. The predicted molar refractivity (Wildman–Crippen MR) is 102 cm³/mol. The second-order valence-electron chi connectivity index (χ2n) is 6.44. The third-order valence-electron chi connectivity index (χ3n) is 4.43. The van der Waals surface area contributed by atoms with Gasteiger partial charge in [0.1, 0.15) is 11.5 Å². The van der Waals surface area contributed by atoms with Crippen molar-refractivity contribution in [2.45, 2.75) is 26.7 Å². The summed E-state index contributed by atoms with van der Waals surface area (Å²) in [5.74, 6) is 1.28. The highest BCUT2D eigenvalue weighted by Gasteiger charge is 2.09. The number of hydrogen-bond acceptors (Lipinski definition) is 2. The maximum Gasteiger partial charge on any atom is 0.122 e. The number of phenols is 1. The Labute approximate surface area is 149 Å². The van der Waals surface area contributed by atoms with Crippen molar-refractivity contribution >= 4 is 0 Å². The fourth-order valence-electron chi connectivity index (χ4n) is 3.09. The molecule has 0 unspecified atom stereocenters. The number of rotatable bonds is 6. The molecular formula is C23H24O2. The van der Waals surface area contributed by atoms with Gasteiger partial charge in [-0.05, 0) is 42.7 Å². The smallest absolute Gasteiger partial charge is 0.122 e. The minimum absolute atomic E-state index is 0.355. The zero-order valence-electron chi connectivity index (χ0n) is 14.8. The molecule has 0 fully saturated rings. The molecule has 0 heterocycles. The van der Waals surface area contributed by atoms with Crippen molar-refractivity contribution in [1.29, 1.82) is 0 Å². The van der Waals surface area contributed by atoms with E-state index in [1.165, 1.54) is 11.1 Å². The molecule has 2 nitrogen and oxygen atoms in total. The summed E-state index contributed by atoms with van der Waals surface area (Å²) in [5, 5.41) is 10.3. The van der Waals surface area contributed by atoms with E-state index in [9.17, 15) is 5.11 Å². The van der Waals surface area contributed by atoms with Crippen molar-refractivity contribution in [1.82, 2.24) is 0 Å². The summed E-state index contributed by atoms with van der Waals surface area (Å²) in [4.78, 5) is 0. The lowest BCUT2D eigenvalue weighted by atomic mass is 9.97. The molecule has 0 bridgehead atoms. The van der Waals surface area contributed by atoms with Gasteiger partial charge in [-0.1, -0.05) is 60.2 Å². The van der Waals surface area contributed by atoms with E-state index in [4.69, 9.17) is 4.74 Å². The summed E-state index contributed by atoms with van der Waals surface area (Å²) >= 11 is 0. The van der Waals surface area contributed by atoms with Crippen LogP contribution >= 0.6 is 0 Å². The summed E-state index contributed by atoms with van der Waals surface area (Å²) < 4.78 is 5.96. The fourth-order valence-corrected chi connectivity index (χ4v) is 3.09. The van der Waals surface area contributed by atoms with Crippen molar-refractivity contribution in [3.8, 4) is 11.5 Å². The van der Waals surface area contributed by atoms with Gasteiger partial charge in [-0.3, -0.25) is 0 Å². The SMILES string of the molecule is Cc1ccc(OCCc2cccc(O)c2Cc2ccccc2)c(C)c1. The zero-order chi connectivity index (χ0) is 17.6. The van der Waals surface area contributed by atoms with Gasteiger partial charge in [0.15, 0.2) is 0 Å². The van der Waals surface area contributed by atoms with E-state index in [0.717, 1.165) is 35.3 Å². The van der Waals surface area contributed by atoms with Crippen molar-refractivity contribution in [2.24, 2.45) is 0 Å². The lowest BCUT2D eigenvalue weighted by Gasteiger charge is -2.14. The zero-order valence-corrected chi connectivity index (χ0v) is 14.8. The van der Waals surface area contributed by atoms with Gasteiger partial charge in [-0.2, -0.15) is 0 Å². The largest absolute Gasteiger partial charge is 0.508 e. The van der Waals surface area contributed by atoms with Crippen molar-refractivity contribution in [3.63, 3.8) is 0 Å². The van der Waals surface area contributed by atoms with E-state index < -0.39 is 0 Å². The molecular weight excluding hydrogens is 308 g/mol. The molecule has 0 aliphatic rings. The van der Waals surface area contributed by atoms with Gasteiger partial charge in [0.25, 0.3) is 0 Å². The quantitative estimate of drug-likeness (QED) is 0.670. The molecule has 0 spiro atoms. The molecule has 3 aromatic rings. The van der Waals surface area contributed by atoms with Crippen LogP contribution in [0, 0.1) is 13.8 Å². The first-order chi connectivity index (χ1) is 12.1. The first kappa shape index (κ1) is 17.1. The van der Waals surface area contributed by atoms with Gasteiger partial charge >= 0.3 is 0 Å². The van der Waals surface area contributed by atoms with Crippen LogP contribution in [0.1, 0.15) is 27.8 Å². The van der Waals surface area contributed by atoms with Gasteiger partial charge in [-0.25, -0.2) is 0 Å². The standard InChI is InChI=1S/C23H24O2/c1-17-11-12-23(18(2)15-17)25-14-13-20-9-6-10-22(24)21(20)16-19-7-4-3-5-8-19/h3-12,15,24H,13-14,16H2,1-2H3. The monoisotopic (exact) mass is 332 g/mol. The summed E-state index contributed by atoms with van der Waals surface area (Å²) in [6.45, 7) is 4.74. The molecule has 3 rings (SSSR count). The van der Waals surface area contributed by atoms with Crippen molar-refractivity contribution in [3.05, 3.63) is 94.5 Å². The highest BCUT2D eigenvalue weighted by molar-refractivity contribution is 5.43. The van der Waals surface area contributed by atoms with E-state index in [1.807, 2.05) is 30.3 Å². The molecule has 128 valence electrons. The number of ether oxygens (including phenoxy) is 1. The normalized spacial score (nSPS) is 10.6. The summed E-state index contributed by atoms with van der Waals surface area (Å²) in [5.41, 5.74) is 5.70. The van der Waals surface area contributed by atoms with Gasteiger partial charge in [-0.15, -0.1) is 0 Å². The Bertz CT molecular complexity index is 838. The number of phenolic OH excluding ortho intramolecular Hbond substituents is 1. The molecule has 0 aliphatic carbocycles. The van der Waals surface area contributed by atoms with Crippen LogP contribution in [0.5, 0.6) is 11.5 Å². The highest BCUT2D eigenvalue weighted by Crippen LogP contribution is 2.25. The van der Waals surface area contributed by atoms with E-state index in [0.29, 0.717) is 12.4 Å². The fraction of sp³-hybridized carbons (Fsp3) is 0.217. The third-order valence-corrected chi connectivity index (χ3v) is 4.43. The molecule has 3 aromatic carbocycles. The van der Waals surface area contributed by atoms with Crippen LogP contribution in [0.15, 0.2) is 66.7 Å². The summed E-state index contributed by atoms with van der Waals surface area (Å²) in [7, 11) is 0. The van der Waals surface area contributed by atoms with Crippen LogP contribution < -0.4 is 4.74 Å². The third kappa shape index (κ3) is 4.42.